The number of ether oxygens (including phenoxy) is 1. The van der Waals surface area contributed by atoms with Gasteiger partial charge in [-0.2, -0.15) is 5.10 Å². The number of nitrogens with zero attached hydrogens (tertiary/aromatic N) is 2. The maximum Gasteiger partial charge on any atom is 0.310 e. The number of esters is 1. The second-order valence-corrected chi connectivity index (χ2v) is 7.67. The van der Waals surface area contributed by atoms with Crippen LogP contribution in [-0.2, 0) is 14.3 Å². The molecule has 0 spiro atoms. The highest BCUT2D eigenvalue weighted by Crippen LogP contribution is 2.60. The van der Waals surface area contributed by atoms with Crippen molar-refractivity contribution < 1.29 is 14.3 Å². The Morgan fingerprint density at radius 2 is 2.07 bits per heavy atom. The molecule has 0 heterocycles. The van der Waals surface area contributed by atoms with Crippen molar-refractivity contribution in [2.24, 2.45) is 33.3 Å². The van der Waals surface area contributed by atoms with Crippen LogP contribution in [-0.4, -0.2) is 24.2 Å². The van der Waals surface area contributed by atoms with E-state index in [1.54, 1.807) is 6.08 Å². The summed E-state index contributed by atoms with van der Waals surface area (Å²) in [5, 5.41) is 5.56. The average Bonchev–Trinajstić information content (AvgIpc) is 3.00. The summed E-state index contributed by atoms with van der Waals surface area (Å²) in [6, 6.07) is 0. The number of hydrogen-bond acceptors (Lipinski definition) is 6. The first-order valence-electron chi connectivity index (χ1n) is 8.89. The van der Waals surface area contributed by atoms with Gasteiger partial charge in [0.15, 0.2) is 12.1 Å². The molecule has 0 amide bonds. The zero-order valence-corrected chi connectivity index (χ0v) is 16.8. The molecule has 0 radical (unpaired) electrons. The van der Waals surface area contributed by atoms with E-state index < -0.39 is 6.10 Å². The molecule has 0 aromatic carbocycles. The van der Waals surface area contributed by atoms with E-state index in [2.05, 4.69) is 42.6 Å². The Labute approximate surface area is 160 Å². The fourth-order valence-corrected chi connectivity index (χ4v) is 3.45. The van der Waals surface area contributed by atoms with Crippen LogP contribution in [0.25, 0.3) is 0 Å². The monoisotopic (exact) mass is 374 g/mol. The minimum absolute atomic E-state index is 0.0570. The van der Waals surface area contributed by atoms with Crippen molar-refractivity contribution in [3.05, 3.63) is 35.5 Å². The van der Waals surface area contributed by atoms with Gasteiger partial charge in [-0.25, -0.2) is 5.53 Å². The van der Waals surface area contributed by atoms with Gasteiger partial charge < -0.3 is 10.6 Å². The molecule has 3 N–H and O–H groups in total. The molecule has 27 heavy (non-hydrogen) atoms. The molecule has 2 rings (SSSR count). The highest BCUT2D eigenvalue weighted by molar-refractivity contribution is 6.00. The number of nitrogens with one attached hydrogen (secondary N) is 1. The number of nitrogens with two attached hydrogens (primary N) is 1. The Balaban J connectivity index is 0.000000646. The standard InChI is InChI=1S/C19H26O3.CH4N4/c1-7-8-13-12(4)16(10-15(13)20)22-18(21)17-14(9-11(2)3)19(17,5)6;2-4-1-5-3/h7,9,14,16-17H,1,8,10H2,2-6H3;1-2H,3H2/b;4-2?,5-1+. The molecule has 0 bridgehead atoms. The number of ketones is 1. The van der Waals surface area contributed by atoms with Crippen molar-refractivity contribution in [2.45, 2.75) is 53.6 Å². The highest BCUT2D eigenvalue weighted by Gasteiger charge is 2.61. The van der Waals surface area contributed by atoms with Crippen LogP contribution >= 0.6 is 0 Å². The van der Waals surface area contributed by atoms with Crippen molar-refractivity contribution in [1.82, 2.24) is 0 Å². The quantitative estimate of drug-likeness (QED) is 0.139. The number of hydrazone groups is 1. The third-order valence-electron chi connectivity index (χ3n) is 5.08. The fourth-order valence-electron chi connectivity index (χ4n) is 3.45. The van der Waals surface area contributed by atoms with Gasteiger partial charge in [-0.05, 0) is 44.1 Å². The third-order valence-corrected chi connectivity index (χ3v) is 5.08. The van der Waals surface area contributed by atoms with E-state index in [-0.39, 0.29) is 35.4 Å². The lowest BCUT2D eigenvalue weighted by Crippen LogP contribution is -2.20. The zero-order chi connectivity index (χ0) is 20.8. The first-order chi connectivity index (χ1) is 12.6. The molecule has 1 saturated carbocycles. The van der Waals surface area contributed by atoms with Gasteiger partial charge in [-0.15, -0.1) is 11.7 Å². The number of Topliss-reactive ketones (excluding diaryl/α,β-unsaturated/α-hetero) is 1. The Morgan fingerprint density at radius 1 is 1.44 bits per heavy atom. The molecule has 3 atom stereocenters. The van der Waals surface area contributed by atoms with E-state index >= 15 is 0 Å². The molecule has 148 valence electrons. The molecule has 7 nitrogen and oxygen atoms in total. The maximum absolute atomic E-state index is 12.5. The Hall–Kier alpha value is -2.57. The number of carbonyl (C=O) groups excluding carboxylic acids is 2. The lowest BCUT2D eigenvalue weighted by atomic mass is 10.1. The summed E-state index contributed by atoms with van der Waals surface area (Å²) >= 11 is 0. The second kappa shape index (κ2) is 9.39. The zero-order valence-electron chi connectivity index (χ0n) is 16.8. The first kappa shape index (κ1) is 22.5. The van der Waals surface area contributed by atoms with Gasteiger partial charge in [0.2, 0.25) is 0 Å². The number of rotatable bonds is 6. The predicted molar refractivity (Wildman–Crippen MR) is 105 cm³/mol. The van der Waals surface area contributed by atoms with E-state index in [0.717, 1.165) is 17.5 Å². The predicted octanol–water partition coefficient (Wildman–Crippen LogP) is 3.92. The van der Waals surface area contributed by atoms with Gasteiger partial charge in [-0.3, -0.25) is 9.59 Å². The van der Waals surface area contributed by atoms with Crippen LogP contribution < -0.4 is 5.84 Å². The second-order valence-electron chi connectivity index (χ2n) is 7.67. The maximum atomic E-state index is 12.5. The molecular weight excluding hydrogens is 344 g/mol. The molecule has 3 unspecified atom stereocenters. The van der Waals surface area contributed by atoms with E-state index in [9.17, 15) is 9.59 Å². The van der Waals surface area contributed by atoms with Crippen LogP contribution in [0.2, 0.25) is 0 Å². The molecule has 0 aliphatic heterocycles. The van der Waals surface area contributed by atoms with Gasteiger partial charge in [0.1, 0.15) is 6.10 Å². The van der Waals surface area contributed by atoms with Gasteiger partial charge in [0.25, 0.3) is 0 Å². The highest BCUT2D eigenvalue weighted by atomic mass is 16.5. The van der Waals surface area contributed by atoms with E-state index in [0.29, 0.717) is 6.42 Å². The molecule has 2 aliphatic carbocycles. The van der Waals surface area contributed by atoms with Gasteiger partial charge in [0.05, 0.1) is 12.3 Å². The summed E-state index contributed by atoms with van der Waals surface area (Å²) in [5.74, 6) is 4.53. The summed E-state index contributed by atoms with van der Waals surface area (Å²) < 4.78 is 5.66. The number of allylic oxidation sites excluding steroid dienone is 4. The molecule has 7 heteroatoms. The van der Waals surface area contributed by atoms with E-state index in [1.807, 2.05) is 20.8 Å². The fraction of sp³-hybridized carbons (Fsp3) is 0.550. The van der Waals surface area contributed by atoms with Crippen molar-refractivity contribution in [2.75, 3.05) is 0 Å². The Kier molecular flexibility index (Phi) is 7.82. The molecule has 1 fully saturated rings. The molecule has 0 aromatic rings. The molecule has 0 aromatic heterocycles. The minimum Gasteiger partial charge on any atom is -0.457 e. The van der Waals surface area contributed by atoms with Crippen molar-refractivity contribution >= 4 is 18.1 Å². The van der Waals surface area contributed by atoms with Crippen molar-refractivity contribution in [1.29, 1.82) is 5.53 Å². The minimum atomic E-state index is -0.390. The normalized spacial score (nSPS) is 25.5. The molecule has 2 aliphatic rings. The van der Waals surface area contributed by atoms with Crippen LogP contribution in [0.1, 0.15) is 47.5 Å². The summed E-state index contributed by atoms with van der Waals surface area (Å²) in [6.07, 6.45) is 5.25. The van der Waals surface area contributed by atoms with Crippen LogP contribution in [0.5, 0.6) is 0 Å². The third kappa shape index (κ3) is 5.45. The summed E-state index contributed by atoms with van der Waals surface area (Å²) in [4.78, 5) is 24.5. The average molecular weight is 374 g/mol. The van der Waals surface area contributed by atoms with Crippen LogP contribution in [0, 0.1) is 22.8 Å². The van der Waals surface area contributed by atoms with Crippen molar-refractivity contribution in [3.8, 4) is 0 Å². The Bertz CT molecular complexity index is 700. The largest absolute Gasteiger partial charge is 0.457 e. The summed E-state index contributed by atoms with van der Waals surface area (Å²) in [6.45, 7) is 13.8. The van der Waals surface area contributed by atoms with Crippen LogP contribution in [0.4, 0.5) is 0 Å². The topological polar surface area (TPSA) is 118 Å². The molecule has 0 saturated heterocycles. The Morgan fingerprint density at radius 3 is 2.52 bits per heavy atom. The van der Waals surface area contributed by atoms with Crippen LogP contribution in [0.15, 0.2) is 45.7 Å². The lowest BCUT2D eigenvalue weighted by Gasteiger charge is -2.13. The van der Waals surface area contributed by atoms with E-state index in [1.165, 1.54) is 5.57 Å². The van der Waals surface area contributed by atoms with E-state index in [4.69, 9.17) is 10.3 Å². The van der Waals surface area contributed by atoms with Crippen molar-refractivity contribution in [3.63, 3.8) is 0 Å². The lowest BCUT2D eigenvalue weighted by molar-refractivity contribution is -0.150. The number of carbonyl (C=O) groups is 2. The van der Waals surface area contributed by atoms with Crippen LogP contribution in [0.3, 0.4) is 0 Å². The first-order valence-corrected chi connectivity index (χ1v) is 8.89. The smallest absolute Gasteiger partial charge is 0.310 e. The summed E-state index contributed by atoms with van der Waals surface area (Å²) in [7, 11) is 0. The number of hydrogen-bond donors (Lipinski definition) is 2. The molecular formula is C20H30N4O3. The van der Waals surface area contributed by atoms with Gasteiger partial charge in [0, 0.05) is 5.57 Å². The van der Waals surface area contributed by atoms with Gasteiger partial charge in [-0.1, -0.05) is 31.6 Å². The SMILES string of the molecule is C=CCC1=C(C)C(OC(=O)C2C(C=C(C)C)C2(C)C)CC1=O.N=N/C=N/N. The van der Waals surface area contributed by atoms with Gasteiger partial charge >= 0.3 is 5.97 Å². The summed E-state index contributed by atoms with van der Waals surface area (Å²) in [5.41, 5.74) is 8.80.